The fraction of sp³-hybridized carbons (Fsp3) is 0.967. The van der Waals surface area contributed by atoms with Crippen molar-refractivity contribution in [2.45, 2.75) is 136 Å². The third kappa shape index (κ3) is 31.2. The van der Waals surface area contributed by atoms with Crippen molar-refractivity contribution in [3.8, 4) is 0 Å². The summed E-state index contributed by atoms with van der Waals surface area (Å²) in [6.45, 7) is 8.70. The van der Waals surface area contributed by atoms with Crippen LogP contribution in [0.4, 0.5) is 4.79 Å². The highest BCUT2D eigenvalue weighted by Crippen LogP contribution is 2.15. The summed E-state index contributed by atoms with van der Waals surface area (Å²) in [7, 11) is 2.76. The zero-order chi connectivity index (χ0) is 29.6. The van der Waals surface area contributed by atoms with Crippen molar-refractivity contribution in [3.63, 3.8) is 0 Å². The van der Waals surface area contributed by atoms with Crippen LogP contribution in [-0.2, 0) is 14.8 Å². The van der Waals surface area contributed by atoms with Crippen LogP contribution in [0.5, 0.6) is 0 Å². The molecule has 0 bridgehead atoms. The average molecular weight is 722 g/mol. The molecule has 0 aromatic rings. The quantitative estimate of drug-likeness (QED) is 0.0843. The van der Waals surface area contributed by atoms with E-state index in [9.17, 15) is 13.2 Å². The molecule has 242 valence electrons. The summed E-state index contributed by atoms with van der Waals surface area (Å²) in [5.74, 6) is 1.76. The maximum absolute atomic E-state index is 12.5. The summed E-state index contributed by atoms with van der Waals surface area (Å²) in [5, 5.41) is 2.87. The number of nitrogens with zero attached hydrogens (tertiary/aromatic N) is 1. The number of hydrogen-bond acceptors (Lipinski definition) is 5. The third-order valence-corrected chi connectivity index (χ3v) is 9.12. The molecular weight excluding hydrogens is 657 g/mol. The van der Waals surface area contributed by atoms with E-state index in [1.807, 2.05) is 20.8 Å². The van der Waals surface area contributed by atoms with Gasteiger partial charge < -0.3 is 38.5 Å². The Morgan fingerprint density at radius 3 is 1.75 bits per heavy atom. The fourth-order valence-electron chi connectivity index (χ4n) is 4.28. The highest BCUT2D eigenvalue weighted by Gasteiger charge is 2.21. The molecule has 10 heteroatoms. The molecule has 0 fully saturated rings. The minimum atomic E-state index is -3.39. The van der Waals surface area contributed by atoms with E-state index in [4.69, 9.17) is 4.74 Å². The Morgan fingerprint density at radius 2 is 1.30 bits per heavy atom. The van der Waals surface area contributed by atoms with Crippen molar-refractivity contribution in [2.75, 3.05) is 51.5 Å². The molecule has 0 aromatic carbocycles. The zero-order valence-corrected chi connectivity index (χ0v) is 30.8. The number of quaternary nitrogens is 1. The zero-order valence-electron chi connectivity index (χ0n) is 27.0. The number of rotatable bonds is 25. The van der Waals surface area contributed by atoms with Gasteiger partial charge in [-0.25, -0.2) is 17.9 Å². The number of unbranched alkanes of at least 4 members (excludes halogenated alkanes) is 13. The second-order valence-electron chi connectivity index (χ2n) is 13.0. The van der Waals surface area contributed by atoms with Gasteiger partial charge in [0, 0.05) is 18.7 Å². The normalized spacial score (nSPS) is 13.1. The Kier molecular flexibility index (Phi) is 26.1. The molecule has 1 atom stereocenters. The summed E-state index contributed by atoms with van der Waals surface area (Å²) >= 11 is 1.77. The van der Waals surface area contributed by atoms with Crippen molar-refractivity contribution >= 4 is 27.9 Å². The lowest BCUT2D eigenvalue weighted by atomic mass is 10.0. The minimum absolute atomic E-state index is 0. The molecule has 0 rings (SSSR count). The second kappa shape index (κ2) is 24.6. The number of thioether (sulfide) groups is 1. The summed E-state index contributed by atoms with van der Waals surface area (Å²) in [6, 6.07) is -0.315. The molecule has 1 unspecified atom stereocenters. The van der Waals surface area contributed by atoms with Gasteiger partial charge in [-0.15, -0.1) is 0 Å². The molecule has 7 nitrogen and oxygen atoms in total. The van der Waals surface area contributed by atoms with Crippen LogP contribution in [0.2, 0.25) is 0 Å². The van der Waals surface area contributed by atoms with Gasteiger partial charge in [0.2, 0.25) is 10.0 Å². The first kappa shape index (κ1) is 42.4. The first-order valence-corrected chi connectivity index (χ1v) is 18.4. The van der Waals surface area contributed by atoms with E-state index in [1.54, 1.807) is 11.8 Å². The number of carbonyl (C=O) groups is 1. The average Bonchev–Trinajstić information content (AvgIpc) is 2.80. The van der Waals surface area contributed by atoms with Gasteiger partial charge in [-0.2, -0.15) is 11.8 Å². The highest BCUT2D eigenvalue weighted by molar-refractivity contribution is 7.99. The third-order valence-electron chi connectivity index (χ3n) is 6.47. The summed E-state index contributed by atoms with van der Waals surface area (Å²) < 4.78 is 33.8. The number of amides is 1. The maximum Gasteiger partial charge on any atom is 0.407 e. The van der Waals surface area contributed by atoms with Crippen LogP contribution in [-0.4, -0.2) is 82.1 Å². The topological polar surface area (TPSA) is 84.5 Å². The van der Waals surface area contributed by atoms with Crippen LogP contribution in [0, 0.1) is 0 Å². The molecule has 0 aliphatic carbocycles. The van der Waals surface area contributed by atoms with Gasteiger partial charge in [-0.1, -0.05) is 90.4 Å². The molecule has 0 heterocycles. The maximum atomic E-state index is 12.5. The van der Waals surface area contributed by atoms with Crippen LogP contribution < -0.4 is 34.0 Å². The molecule has 0 saturated carbocycles. The van der Waals surface area contributed by atoms with Gasteiger partial charge in [0.15, 0.2) is 0 Å². The largest absolute Gasteiger partial charge is 1.00 e. The molecule has 40 heavy (non-hydrogen) atoms. The summed E-state index contributed by atoms with van der Waals surface area (Å²) in [6.07, 6.45) is 18.9. The Hall–Kier alpha value is 0.220. The number of ether oxygens (including phenoxy) is 1. The lowest BCUT2D eigenvalue weighted by Gasteiger charge is -2.24. The van der Waals surface area contributed by atoms with Gasteiger partial charge in [0.1, 0.15) is 5.60 Å². The molecule has 1 amide bonds. The van der Waals surface area contributed by atoms with E-state index >= 15 is 0 Å². The number of halogens is 1. The van der Waals surface area contributed by atoms with Crippen LogP contribution >= 0.6 is 11.8 Å². The van der Waals surface area contributed by atoms with Gasteiger partial charge in [0.05, 0.1) is 39.5 Å². The van der Waals surface area contributed by atoms with E-state index in [0.29, 0.717) is 12.2 Å². The van der Waals surface area contributed by atoms with Crippen molar-refractivity contribution in [1.29, 1.82) is 0 Å². The van der Waals surface area contributed by atoms with Crippen molar-refractivity contribution in [3.05, 3.63) is 0 Å². The van der Waals surface area contributed by atoms with Crippen molar-refractivity contribution in [1.82, 2.24) is 10.0 Å². The Balaban J connectivity index is 0. The standard InChI is InChI=1S/C30H63N3O4S2.HI/c1-8-9-10-11-12-13-14-15-16-17-18-19-20-21-24-38-27-28(32-29(34)37-30(2,3)4)26-31-39(35,36)25-22-23-33(5,6)7;/h28,31H,8-27H2,1-7H3;1H. The molecule has 0 aliphatic heterocycles. The molecule has 0 saturated heterocycles. The molecule has 0 spiro atoms. The number of carbonyl (C=O) groups excluding carboxylic acids is 1. The van der Waals surface area contributed by atoms with E-state index in [2.05, 4.69) is 38.1 Å². The summed E-state index contributed by atoms with van der Waals surface area (Å²) in [4.78, 5) is 12.3. The number of nitrogens with one attached hydrogen (secondary N) is 2. The van der Waals surface area contributed by atoms with Gasteiger partial charge in [-0.05, 0) is 32.9 Å². The fourth-order valence-corrected chi connectivity index (χ4v) is 6.45. The molecule has 0 aliphatic rings. The Morgan fingerprint density at radius 1 is 0.825 bits per heavy atom. The minimum Gasteiger partial charge on any atom is -1.00 e. The van der Waals surface area contributed by atoms with Gasteiger partial charge in [-0.3, -0.25) is 0 Å². The first-order chi connectivity index (χ1) is 18.2. The van der Waals surface area contributed by atoms with E-state index in [-0.39, 0.29) is 42.3 Å². The Bertz CT molecular complexity index is 711. The number of sulfonamides is 1. The predicted octanol–water partition coefficient (Wildman–Crippen LogP) is 4.11. The van der Waals surface area contributed by atoms with Crippen molar-refractivity contribution < 1.29 is 46.4 Å². The molecule has 2 N–H and O–H groups in total. The number of hydrogen-bond donors (Lipinski definition) is 2. The molecular formula is C30H64IN3O4S2. The van der Waals surface area contributed by atoms with Crippen LogP contribution in [0.1, 0.15) is 124 Å². The first-order valence-electron chi connectivity index (χ1n) is 15.6. The molecule has 0 radical (unpaired) electrons. The van der Waals surface area contributed by atoms with Gasteiger partial charge >= 0.3 is 6.09 Å². The molecule has 0 aromatic heterocycles. The summed E-state index contributed by atoms with van der Waals surface area (Å²) in [5.41, 5.74) is -0.596. The lowest BCUT2D eigenvalue weighted by Crippen LogP contribution is -3.00. The van der Waals surface area contributed by atoms with E-state index < -0.39 is 21.7 Å². The SMILES string of the molecule is CCCCCCCCCCCCCCCCSCC(CNS(=O)(=O)CCC[N+](C)(C)C)NC(=O)OC(C)(C)C.[I-]. The van der Waals surface area contributed by atoms with Crippen LogP contribution in [0.25, 0.3) is 0 Å². The number of alkyl carbamates (subject to hydrolysis) is 1. The lowest BCUT2D eigenvalue weighted by molar-refractivity contribution is -0.870. The Labute approximate surface area is 270 Å². The highest BCUT2D eigenvalue weighted by atomic mass is 127. The van der Waals surface area contributed by atoms with Crippen LogP contribution in [0.15, 0.2) is 0 Å². The van der Waals surface area contributed by atoms with E-state index in [1.165, 1.54) is 83.5 Å². The predicted molar refractivity (Wildman–Crippen MR) is 170 cm³/mol. The second-order valence-corrected chi connectivity index (χ2v) is 16.1. The van der Waals surface area contributed by atoms with E-state index in [0.717, 1.165) is 23.2 Å². The van der Waals surface area contributed by atoms with Crippen molar-refractivity contribution in [2.24, 2.45) is 0 Å². The van der Waals surface area contributed by atoms with Crippen LogP contribution in [0.3, 0.4) is 0 Å². The smallest absolute Gasteiger partial charge is 0.407 e. The monoisotopic (exact) mass is 721 g/mol. The van der Waals surface area contributed by atoms with Gasteiger partial charge in [0.25, 0.3) is 0 Å².